The molecule has 4 nitrogen and oxygen atoms in total. The number of hydrazine groups is 2. The zero-order valence-corrected chi connectivity index (χ0v) is 6.05. The van der Waals surface area contributed by atoms with Crippen LogP contribution < -0.4 is 16.5 Å². The van der Waals surface area contributed by atoms with Gasteiger partial charge in [-0.3, -0.25) is 7.05 Å². The summed E-state index contributed by atoms with van der Waals surface area (Å²) in [6.07, 6.45) is 0. The third kappa shape index (κ3) is 8.82. The van der Waals surface area contributed by atoms with Crippen molar-refractivity contribution in [3.8, 4) is 0 Å². The molecule has 0 heterocycles. The van der Waals surface area contributed by atoms with Crippen molar-refractivity contribution in [2.75, 3.05) is 0 Å². The monoisotopic (exact) mass is 258 g/mol. The maximum absolute atomic E-state index is 6.14. The molecule has 0 bridgehead atoms. The van der Waals surface area contributed by atoms with Gasteiger partial charge in [-0.1, -0.05) is 0 Å². The molecule has 0 aromatic carbocycles. The molecule has 0 atom stereocenters. The van der Waals surface area contributed by atoms with Crippen LogP contribution in [0.1, 0.15) is 0 Å². The van der Waals surface area contributed by atoms with Crippen molar-refractivity contribution in [1.29, 1.82) is 0 Å². The molecule has 0 spiro atoms. The van der Waals surface area contributed by atoms with Crippen molar-refractivity contribution >= 4 is 0 Å². The van der Waals surface area contributed by atoms with E-state index in [2.05, 4.69) is 18.0 Å². The van der Waals surface area contributed by atoms with E-state index in [-0.39, 0.29) is 21.1 Å². The zero-order chi connectivity index (χ0) is 4.12. The third-order valence-corrected chi connectivity index (χ3v) is 0.151. The molecule has 0 rings (SSSR count). The molecule has 0 fully saturated rings. The second-order valence-electron chi connectivity index (χ2n) is 0.427. The minimum atomic E-state index is 0. The van der Waals surface area contributed by atoms with Crippen LogP contribution in [0, 0.1) is 7.05 Å². The average molecular weight is 258 g/mol. The molecular weight excluding hydrogens is 252 g/mol. The van der Waals surface area contributed by atoms with Crippen LogP contribution in [-0.4, -0.2) is 0 Å². The quantitative estimate of drug-likeness (QED) is 0.455. The summed E-state index contributed by atoms with van der Waals surface area (Å²) in [6.45, 7) is 0. The van der Waals surface area contributed by atoms with Crippen molar-refractivity contribution in [3.63, 3.8) is 0 Å². The second-order valence-corrected chi connectivity index (χ2v) is 0.427. The Morgan fingerprint density at radius 1 is 1.50 bits per heavy atom. The minimum absolute atomic E-state index is 0. The third-order valence-electron chi connectivity index (χ3n) is 0.151. The Hall–Kier alpha value is 0.528. The maximum Gasteiger partial charge on any atom is 2.00 e. The Bertz CT molecular complexity index is 15.0. The predicted molar refractivity (Wildman–Crippen MR) is 19.1 cm³/mol. The zero-order valence-electron chi connectivity index (χ0n) is 3.12. The largest absolute Gasteiger partial charge is 2.00 e. The number of nitrogens with one attached hydrogen (secondary N) is 4. The van der Waals surface area contributed by atoms with E-state index in [1.54, 1.807) is 0 Å². The van der Waals surface area contributed by atoms with Gasteiger partial charge < -0.3 is 16.8 Å². The van der Waals surface area contributed by atoms with Gasteiger partial charge in [-0.15, -0.1) is 0 Å². The van der Waals surface area contributed by atoms with Gasteiger partial charge in [0.25, 0.3) is 0 Å². The predicted octanol–water partition coefficient (Wildman–Crippen LogP) is -0.659. The summed E-state index contributed by atoms with van der Waals surface area (Å²) in [5.74, 6) is 6.14. The van der Waals surface area contributed by atoms with E-state index in [0.29, 0.717) is 0 Å². The minimum Gasteiger partial charge on any atom is -0.597 e. The van der Waals surface area contributed by atoms with Gasteiger partial charge in [0.2, 0.25) is 0 Å². The van der Waals surface area contributed by atoms with Gasteiger partial charge in [-0.2, -0.15) is 0 Å². The summed E-state index contributed by atoms with van der Waals surface area (Å²) in [5, 5.41) is 0. The Kier molecular flexibility index (Phi) is 14.8. The molecule has 0 unspecified atom stereocenters. The fourth-order valence-corrected chi connectivity index (χ4v) is 0.0442. The maximum atomic E-state index is 6.14. The van der Waals surface area contributed by atoms with Crippen LogP contribution >= 0.6 is 0 Å². The molecule has 36 valence electrons. The summed E-state index contributed by atoms with van der Waals surface area (Å²) >= 11 is 0. The van der Waals surface area contributed by atoms with E-state index in [1.165, 1.54) is 0 Å². The molecule has 0 aliphatic heterocycles. The van der Waals surface area contributed by atoms with Gasteiger partial charge in [0.15, 0.2) is 0 Å². The average Bonchev–Trinajstić information content (AvgIpc) is 1.41. The van der Waals surface area contributed by atoms with Crippen molar-refractivity contribution in [1.82, 2.24) is 16.5 Å². The van der Waals surface area contributed by atoms with Gasteiger partial charge in [0.1, 0.15) is 0 Å². The molecule has 0 aromatic rings. The van der Waals surface area contributed by atoms with Crippen LogP contribution in [0.15, 0.2) is 0 Å². The van der Waals surface area contributed by atoms with Crippen LogP contribution in [0.2, 0.25) is 0 Å². The van der Waals surface area contributed by atoms with Crippen LogP contribution in [0.4, 0.5) is 0 Å². The van der Waals surface area contributed by atoms with Gasteiger partial charge in [-0.25, -0.2) is 5.53 Å². The fourth-order valence-electron chi connectivity index (χ4n) is 0.0442. The molecular formula is CH6N4W. The molecule has 0 aliphatic carbocycles. The van der Waals surface area contributed by atoms with Crippen molar-refractivity contribution in [2.24, 2.45) is 0 Å². The van der Waals surface area contributed by atoms with Gasteiger partial charge in [0, 0.05) is 0 Å². The van der Waals surface area contributed by atoms with Crippen LogP contribution in [0.25, 0.3) is 5.84 Å². The summed E-state index contributed by atoms with van der Waals surface area (Å²) in [6, 6.07) is 0. The van der Waals surface area contributed by atoms with Crippen LogP contribution in [-0.2, 0) is 21.1 Å². The van der Waals surface area contributed by atoms with Gasteiger partial charge >= 0.3 is 21.1 Å². The summed E-state index contributed by atoms with van der Waals surface area (Å²) in [5.41, 5.74) is 6.23. The Morgan fingerprint density at radius 3 is 2.00 bits per heavy atom. The van der Waals surface area contributed by atoms with E-state index in [4.69, 9.17) is 5.84 Å². The van der Waals surface area contributed by atoms with E-state index < -0.39 is 0 Å². The molecule has 0 saturated carbocycles. The van der Waals surface area contributed by atoms with E-state index in [1.807, 2.05) is 5.53 Å². The first kappa shape index (κ1) is 9.73. The molecule has 6 heavy (non-hydrogen) atoms. The number of hydrogen-bond donors (Lipinski definition) is 3. The molecule has 4 N–H and O–H groups in total. The van der Waals surface area contributed by atoms with E-state index in [0.717, 1.165) is 0 Å². The van der Waals surface area contributed by atoms with Crippen molar-refractivity contribution in [2.45, 2.75) is 0 Å². The number of rotatable bonds is 2. The smallest absolute Gasteiger partial charge is 0.597 e. The Balaban J connectivity index is 0. The van der Waals surface area contributed by atoms with Crippen molar-refractivity contribution < 1.29 is 21.1 Å². The first-order valence-corrected chi connectivity index (χ1v) is 1.10. The first-order chi connectivity index (χ1) is 2.41. The Labute approximate surface area is 51.0 Å². The summed E-state index contributed by atoms with van der Waals surface area (Å²) in [7, 11) is 3.13. The standard InChI is InChI=1S/CH6N4.W/c1-3-5-4-2;/h2-5H,1H2;/q-2;+2. The van der Waals surface area contributed by atoms with Crippen LogP contribution in [0.5, 0.6) is 0 Å². The van der Waals surface area contributed by atoms with E-state index >= 15 is 0 Å². The van der Waals surface area contributed by atoms with Gasteiger partial charge in [-0.05, 0) is 0 Å². The Morgan fingerprint density at radius 2 is 2.00 bits per heavy atom. The van der Waals surface area contributed by atoms with E-state index in [9.17, 15) is 0 Å². The van der Waals surface area contributed by atoms with Crippen LogP contribution in [0.3, 0.4) is 0 Å². The normalized spacial score (nSPS) is 7.00. The van der Waals surface area contributed by atoms with Gasteiger partial charge in [0.05, 0.1) is 0 Å². The SMILES string of the molecule is [CH2-]NNN[NH-].[W+2]. The molecule has 0 radical (unpaired) electrons. The molecule has 0 aliphatic rings. The first-order valence-electron chi connectivity index (χ1n) is 1.10. The summed E-state index contributed by atoms with van der Waals surface area (Å²) in [4.78, 5) is 0. The molecule has 0 amide bonds. The second kappa shape index (κ2) is 9.11. The number of hydrogen-bond acceptors (Lipinski definition) is 3. The summed E-state index contributed by atoms with van der Waals surface area (Å²) < 4.78 is 0. The molecule has 0 saturated heterocycles. The molecule has 5 heteroatoms. The molecule has 0 aromatic heterocycles. The topological polar surface area (TPSA) is 59.9 Å². The van der Waals surface area contributed by atoms with Crippen molar-refractivity contribution in [3.05, 3.63) is 12.9 Å². The fraction of sp³-hybridized carbons (Fsp3) is 0.